The fourth-order valence-corrected chi connectivity index (χ4v) is 7.07. The van der Waals surface area contributed by atoms with Crippen molar-refractivity contribution in [2.75, 3.05) is 12.8 Å². The van der Waals surface area contributed by atoms with E-state index in [0.29, 0.717) is 13.1 Å². The van der Waals surface area contributed by atoms with Gasteiger partial charge in [-0.15, -0.1) is 11.8 Å². The van der Waals surface area contributed by atoms with E-state index in [1.807, 2.05) is 4.90 Å². The third-order valence-electron chi connectivity index (χ3n) is 8.62. The molecule has 1 heterocycles. The number of nitrogens with zero attached hydrogens (tertiary/aromatic N) is 1. The summed E-state index contributed by atoms with van der Waals surface area (Å²) in [4.78, 5) is 20.0. The Bertz CT molecular complexity index is 1740. The van der Waals surface area contributed by atoms with Gasteiger partial charge in [-0.25, -0.2) is 0 Å². The largest absolute Gasteiger partial charge is 0.361 e. The van der Waals surface area contributed by atoms with Crippen LogP contribution in [0.1, 0.15) is 34.7 Å². The molecule has 0 aliphatic heterocycles. The molecule has 0 fully saturated rings. The normalized spacial score (nSPS) is 12.2. The molecule has 4 nitrogen and oxygen atoms in total. The number of nitrogens with one attached hydrogen (secondary N) is 2. The Labute approximate surface area is 270 Å². The monoisotopic (exact) mass is 609 g/mol. The molecule has 2 N–H and O–H groups in total. The maximum atomic E-state index is 13.4. The quantitative estimate of drug-likeness (QED) is 0.108. The molecule has 1 unspecified atom stereocenters. The Morgan fingerprint density at radius 2 is 1.27 bits per heavy atom. The van der Waals surface area contributed by atoms with Gasteiger partial charge in [0.2, 0.25) is 5.91 Å². The van der Waals surface area contributed by atoms with Gasteiger partial charge in [-0.05, 0) is 52.6 Å². The standard InChI is InChI=1S/C40H39N3OS/c1-30(44)43(28-31-16-12-15-25-39(31)45-2)29-36(26-32-27-41-38-24-14-13-23-37(32)38)42-40(33-17-6-3-7-18-33,34-19-8-4-9-20-34)35-21-10-5-11-22-35/h3-25,27,36,41-42H,26,28-29H2,1-2H3. The lowest BCUT2D eigenvalue weighted by Crippen LogP contribution is -2.54. The van der Waals surface area contributed by atoms with Gasteiger partial charge < -0.3 is 9.88 Å². The van der Waals surface area contributed by atoms with Crippen molar-refractivity contribution >= 4 is 28.6 Å². The van der Waals surface area contributed by atoms with Crippen molar-refractivity contribution in [3.8, 4) is 0 Å². The molecule has 0 spiro atoms. The van der Waals surface area contributed by atoms with Gasteiger partial charge in [0.25, 0.3) is 0 Å². The van der Waals surface area contributed by atoms with Crippen LogP contribution in [0.2, 0.25) is 0 Å². The number of rotatable bonds is 12. The van der Waals surface area contributed by atoms with E-state index in [0.717, 1.165) is 34.2 Å². The maximum absolute atomic E-state index is 13.4. The topological polar surface area (TPSA) is 48.1 Å². The Morgan fingerprint density at radius 3 is 1.84 bits per heavy atom. The van der Waals surface area contributed by atoms with E-state index in [9.17, 15) is 4.79 Å². The smallest absolute Gasteiger partial charge is 0.219 e. The number of H-pyrrole nitrogens is 1. The molecular weight excluding hydrogens is 571 g/mol. The SMILES string of the molecule is CSc1ccccc1CN(CC(Cc1c[nH]c2ccccc12)NC(c1ccccc1)(c1ccccc1)c1ccccc1)C(C)=O. The highest BCUT2D eigenvalue weighted by atomic mass is 32.2. The van der Waals surface area contributed by atoms with Gasteiger partial charge in [0.1, 0.15) is 0 Å². The minimum atomic E-state index is -0.666. The average molecular weight is 610 g/mol. The molecule has 1 atom stereocenters. The fraction of sp³-hybridized carbons (Fsp3) is 0.175. The van der Waals surface area contributed by atoms with Crippen molar-refractivity contribution in [2.24, 2.45) is 0 Å². The van der Waals surface area contributed by atoms with Crippen molar-refractivity contribution in [1.29, 1.82) is 0 Å². The van der Waals surface area contributed by atoms with Crippen LogP contribution in [-0.2, 0) is 23.3 Å². The van der Waals surface area contributed by atoms with E-state index < -0.39 is 5.54 Å². The number of hydrogen-bond acceptors (Lipinski definition) is 3. The molecule has 5 heteroatoms. The zero-order valence-corrected chi connectivity index (χ0v) is 26.6. The highest BCUT2D eigenvalue weighted by Gasteiger charge is 2.38. The molecule has 0 bridgehead atoms. The highest BCUT2D eigenvalue weighted by Crippen LogP contribution is 2.38. The van der Waals surface area contributed by atoms with Crippen LogP contribution in [0.5, 0.6) is 0 Å². The van der Waals surface area contributed by atoms with Gasteiger partial charge in [-0.1, -0.05) is 127 Å². The van der Waals surface area contributed by atoms with Gasteiger partial charge in [0, 0.05) is 48.1 Å². The number of fused-ring (bicyclic) bond motifs is 1. The van der Waals surface area contributed by atoms with Gasteiger partial charge in [-0.3, -0.25) is 10.1 Å². The molecular formula is C40H39N3OS. The molecule has 0 saturated heterocycles. The fourth-order valence-electron chi connectivity index (χ4n) is 6.46. The van der Waals surface area contributed by atoms with Crippen LogP contribution in [0.4, 0.5) is 0 Å². The van der Waals surface area contributed by atoms with Gasteiger partial charge in [-0.2, -0.15) is 0 Å². The molecule has 1 aromatic heterocycles. The van der Waals surface area contributed by atoms with E-state index >= 15 is 0 Å². The Morgan fingerprint density at radius 1 is 0.733 bits per heavy atom. The summed E-state index contributed by atoms with van der Waals surface area (Å²) < 4.78 is 0. The van der Waals surface area contributed by atoms with Gasteiger partial charge in [0.05, 0.1) is 5.54 Å². The Balaban J connectivity index is 1.49. The molecule has 0 radical (unpaired) electrons. The molecule has 0 saturated carbocycles. The van der Waals surface area contributed by atoms with Crippen LogP contribution >= 0.6 is 11.8 Å². The summed E-state index contributed by atoms with van der Waals surface area (Å²) in [5.41, 5.74) is 6.27. The highest BCUT2D eigenvalue weighted by molar-refractivity contribution is 7.98. The molecule has 6 rings (SSSR count). The molecule has 45 heavy (non-hydrogen) atoms. The number of aromatic nitrogens is 1. The Kier molecular flexibility index (Phi) is 9.49. The third-order valence-corrected chi connectivity index (χ3v) is 9.46. The predicted molar refractivity (Wildman–Crippen MR) is 187 cm³/mol. The number of carbonyl (C=O) groups is 1. The number of carbonyl (C=O) groups excluding carboxylic acids is 1. The molecule has 0 aliphatic carbocycles. The number of para-hydroxylation sites is 1. The first-order chi connectivity index (χ1) is 22.1. The van der Waals surface area contributed by atoms with Crippen molar-refractivity contribution in [1.82, 2.24) is 15.2 Å². The average Bonchev–Trinajstić information content (AvgIpc) is 3.50. The van der Waals surface area contributed by atoms with Crippen molar-refractivity contribution in [2.45, 2.75) is 36.4 Å². The van der Waals surface area contributed by atoms with E-state index in [1.165, 1.54) is 15.8 Å². The lowest BCUT2D eigenvalue weighted by molar-refractivity contribution is -0.129. The number of thioether (sulfide) groups is 1. The first-order valence-electron chi connectivity index (χ1n) is 15.4. The third kappa shape index (κ3) is 6.60. The minimum Gasteiger partial charge on any atom is -0.361 e. The summed E-state index contributed by atoms with van der Waals surface area (Å²) in [6.07, 6.45) is 4.94. The van der Waals surface area contributed by atoms with E-state index in [4.69, 9.17) is 0 Å². The summed E-state index contributed by atoms with van der Waals surface area (Å²) in [6, 6.07) is 48.7. The summed E-state index contributed by atoms with van der Waals surface area (Å²) in [7, 11) is 0. The van der Waals surface area contributed by atoms with Crippen molar-refractivity contribution in [3.63, 3.8) is 0 Å². The molecule has 226 valence electrons. The molecule has 5 aromatic carbocycles. The van der Waals surface area contributed by atoms with Crippen LogP contribution in [0.25, 0.3) is 10.9 Å². The van der Waals surface area contributed by atoms with Crippen molar-refractivity contribution in [3.05, 3.63) is 174 Å². The lowest BCUT2D eigenvalue weighted by Gasteiger charge is -2.41. The number of benzene rings is 5. The van der Waals surface area contributed by atoms with E-state index in [1.54, 1.807) is 18.7 Å². The van der Waals surface area contributed by atoms with E-state index in [2.05, 4.69) is 162 Å². The summed E-state index contributed by atoms with van der Waals surface area (Å²) in [5, 5.41) is 5.41. The lowest BCUT2D eigenvalue weighted by atomic mass is 9.76. The molecule has 6 aromatic rings. The van der Waals surface area contributed by atoms with Crippen LogP contribution in [-0.4, -0.2) is 34.6 Å². The molecule has 1 amide bonds. The maximum Gasteiger partial charge on any atom is 0.219 e. The van der Waals surface area contributed by atoms with E-state index in [-0.39, 0.29) is 11.9 Å². The summed E-state index contributed by atoms with van der Waals surface area (Å²) in [6.45, 7) is 2.77. The first-order valence-corrected chi connectivity index (χ1v) is 16.7. The zero-order chi connectivity index (χ0) is 31.1. The first kappa shape index (κ1) is 30.4. The minimum absolute atomic E-state index is 0.0568. The zero-order valence-electron chi connectivity index (χ0n) is 25.8. The second-order valence-electron chi connectivity index (χ2n) is 11.5. The van der Waals surface area contributed by atoms with Crippen LogP contribution in [0.3, 0.4) is 0 Å². The van der Waals surface area contributed by atoms with Crippen LogP contribution in [0, 0.1) is 0 Å². The van der Waals surface area contributed by atoms with Gasteiger partial charge in [0.15, 0.2) is 0 Å². The summed E-state index contributed by atoms with van der Waals surface area (Å²) >= 11 is 1.72. The predicted octanol–water partition coefficient (Wildman–Crippen LogP) is 8.43. The van der Waals surface area contributed by atoms with Crippen LogP contribution < -0.4 is 5.32 Å². The Hall–Kier alpha value is -4.58. The second kappa shape index (κ2) is 14.0. The van der Waals surface area contributed by atoms with Gasteiger partial charge >= 0.3 is 0 Å². The van der Waals surface area contributed by atoms with Crippen LogP contribution in [0.15, 0.2) is 151 Å². The summed E-state index contributed by atoms with van der Waals surface area (Å²) in [5.74, 6) is 0.0568. The number of amides is 1. The number of aromatic amines is 1. The number of hydrogen-bond donors (Lipinski definition) is 2. The second-order valence-corrected chi connectivity index (χ2v) is 12.3. The molecule has 0 aliphatic rings. The van der Waals surface area contributed by atoms with Crippen molar-refractivity contribution < 1.29 is 4.79 Å².